The first kappa shape index (κ1) is 14.7. The predicted molar refractivity (Wildman–Crippen MR) is 57.0 cm³/mol. The molecule has 0 aliphatic heterocycles. The number of alkyl halides is 3. The standard InChI is InChI=1S/C9H15F3N4O2/c1-2-13-5-7-15-16-8(18-7)14-3-4-17-6-9(10,11)12/h13H,2-6H2,1H3,(H,14,16). The molecule has 0 unspecified atom stereocenters. The summed E-state index contributed by atoms with van der Waals surface area (Å²) >= 11 is 0. The average molecular weight is 268 g/mol. The second kappa shape index (κ2) is 7.17. The largest absolute Gasteiger partial charge is 0.411 e. The summed E-state index contributed by atoms with van der Waals surface area (Å²) in [4.78, 5) is 0. The highest BCUT2D eigenvalue weighted by Crippen LogP contribution is 2.14. The third-order valence-electron chi connectivity index (χ3n) is 1.78. The summed E-state index contributed by atoms with van der Waals surface area (Å²) < 4.78 is 44.8. The molecule has 2 N–H and O–H groups in total. The molecule has 0 saturated carbocycles. The minimum atomic E-state index is -4.30. The Kier molecular flexibility index (Phi) is 5.86. The molecule has 1 aromatic rings. The highest BCUT2D eigenvalue weighted by Gasteiger charge is 2.27. The highest BCUT2D eigenvalue weighted by molar-refractivity contribution is 5.16. The van der Waals surface area contributed by atoms with E-state index < -0.39 is 12.8 Å². The van der Waals surface area contributed by atoms with Crippen LogP contribution in [0.15, 0.2) is 4.42 Å². The minimum absolute atomic E-state index is 0.0928. The third kappa shape index (κ3) is 6.40. The van der Waals surface area contributed by atoms with E-state index in [9.17, 15) is 13.2 Å². The van der Waals surface area contributed by atoms with Gasteiger partial charge in [0.2, 0.25) is 5.89 Å². The van der Waals surface area contributed by atoms with Gasteiger partial charge in [-0.25, -0.2) is 0 Å². The smallest absolute Gasteiger partial charge is 0.407 e. The number of hydrogen-bond donors (Lipinski definition) is 2. The summed E-state index contributed by atoms with van der Waals surface area (Å²) in [5.41, 5.74) is 0. The molecule has 0 aliphatic carbocycles. The van der Waals surface area contributed by atoms with Crippen LogP contribution in [-0.4, -0.2) is 42.7 Å². The van der Waals surface area contributed by atoms with Gasteiger partial charge in [-0.15, -0.1) is 5.10 Å². The molecule has 18 heavy (non-hydrogen) atoms. The summed E-state index contributed by atoms with van der Waals surface area (Å²) in [6.45, 7) is 1.98. The van der Waals surface area contributed by atoms with Gasteiger partial charge < -0.3 is 19.8 Å². The lowest BCUT2D eigenvalue weighted by Gasteiger charge is -2.07. The molecule has 6 nitrogen and oxygen atoms in total. The van der Waals surface area contributed by atoms with Crippen molar-refractivity contribution < 1.29 is 22.3 Å². The molecule has 0 fully saturated rings. The molecule has 1 rings (SSSR count). The van der Waals surface area contributed by atoms with Crippen LogP contribution >= 0.6 is 0 Å². The highest BCUT2D eigenvalue weighted by atomic mass is 19.4. The molecule has 0 amide bonds. The number of aromatic nitrogens is 2. The van der Waals surface area contributed by atoms with Crippen molar-refractivity contribution in [1.82, 2.24) is 15.5 Å². The number of anilines is 1. The summed E-state index contributed by atoms with van der Waals surface area (Å²) in [6.07, 6.45) is -4.30. The molecule has 0 aliphatic rings. The molecule has 9 heteroatoms. The Balaban J connectivity index is 2.13. The summed E-state index contributed by atoms with van der Waals surface area (Å²) in [5.74, 6) is 0.413. The molecule has 1 aromatic heterocycles. The van der Waals surface area contributed by atoms with Gasteiger partial charge in [-0.2, -0.15) is 13.2 Å². The van der Waals surface area contributed by atoms with E-state index in [0.29, 0.717) is 12.4 Å². The first-order chi connectivity index (χ1) is 8.51. The Bertz CT molecular complexity index is 343. The van der Waals surface area contributed by atoms with Crippen molar-refractivity contribution in [1.29, 1.82) is 0 Å². The van der Waals surface area contributed by atoms with E-state index >= 15 is 0 Å². The monoisotopic (exact) mass is 268 g/mol. The molecule has 0 spiro atoms. The number of rotatable bonds is 8. The number of nitrogens with zero attached hydrogens (tertiary/aromatic N) is 2. The number of nitrogens with one attached hydrogen (secondary N) is 2. The zero-order chi connectivity index (χ0) is 13.4. The maximum atomic E-state index is 11.7. The van der Waals surface area contributed by atoms with Gasteiger partial charge >= 0.3 is 12.2 Å². The topological polar surface area (TPSA) is 72.2 Å². The quantitative estimate of drug-likeness (QED) is 0.690. The molecular weight excluding hydrogens is 253 g/mol. The number of ether oxygens (including phenoxy) is 1. The lowest BCUT2D eigenvalue weighted by atomic mass is 10.6. The molecule has 104 valence electrons. The third-order valence-corrected chi connectivity index (χ3v) is 1.78. The second-order valence-corrected chi connectivity index (χ2v) is 3.38. The minimum Gasteiger partial charge on any atom is -0.407 e. The lowest BCUT2D eigenvalue weighted by Crippen LogP contribution is -2.20. The van der Waals surface area contributed by atoms with Gasteiger partial charge in [-0.3, -0.25) is 0 Å². The molecule has 0 aromatic carbocycles. The van der Waals surface area contributed by atoms with Crippen molar-refractivity contribution in [3.8, 4) is 0 Å². The van der Waals surface area contributed by atoms with Gasteiger partial charge in [0.05, 0.1) is 13.2 Å². The lowest BCUT2D eigenvalue weighted by molar-refractivity contribution is -0.172. The summed E-state index contributed by atoms with van der Waals surface area (Å²) in [7, 11) is 0. The Morgan fingerprint density at radius 2 is 2.11 bits per heavy atom. The van der Waals surface area contributed by atoms with Crippen molar-refractivity contribution in [2.45, 2.75) is 19.6 Å². The molecule has 0 atom stereocenters. The van der Waals surface area contributed by atoms with Crippen LogP contribution in [0.3, 0.4) is 0 Å². The van der Waals surface area contributed by atoms with Crippen molar-refractivity contribution in [2.75, 3.05) is 31.6 Å². The van der Waals surface area contributed by atoms with Crippen LogP contribution in [0.25, 0.3) is 0 Å². The van der Waals surface area contributed by atoms with E-state index in [1.54, 1.807) is 0 Å². The zero-order valence-electron chi connectivity index (χ0n) is 9.88. The van der Waals surface area contributed by atoms with E-state index in [1.807, 2.05) is 6.92 Å². The Labute approximate surface area is 102 Å². The van der Waals surface area contributed by atoms with Gasteiger partial charge in [0.25, 0.3) is 0 Å². The van der Waals surface area contributed by atoms with Crippen molar-refractivity contribution in [2.24, 2.45) is 0 Å². The summed E-state index contributed by atoms with van der Waals surface area (Å²) in [6, 6.07) is 0.165. The van der Waals surface area contributed by atoms with Crippen LogP contribution in [0.1, 0.15) is 12.8 Å². The van der Waals surface area contributed by atoms with Gasteiger partial charge in [0.15, 0.2) is 0 Å². The maximum Gasteiger partial charge on any atom is 0.411 e. The van der Waals surface area contributed by atoms with E-state index in [2.05, 4.69) is 25.6 Å². The van der Waals surface area contributed by atoms with E-state index in [-0.39, 0.29) is 19.2 Å². The Morgan fingerprint density at radius 1 is 1.33 bits per heavy atom. The van der Waals surface area contributed by atoms with Gasteiger partial charge in [0, 0.05) is 6.54 Å². The van der Waals surface area contributed by atoms with Crippen molar-refractivity contribution >= 4 is 6.01 Å². The van der Waals surface area contributed by atoms with E-state index in [4.69, 9.17) is 4.42 Å². The average Bonchev–Trinajstić information content (AvgIpc) is 2.72. The molecule has 0 saturated heterocycles. The zero-order valence-corrected chi connectivity index (χ0v) is 9.88. The van der Waals surface area contributed by atoms with Crippen LogP contribution in [-0.2, 0) is 11.3 Å². The fraction of sp³-hybridized carbons (Fsp3) is 0.778. The summed E-state index contributed by atoms with van der Waals surface area (Å²) in [5, 5.41) is 13.1. The van der Waals surface area contributed by atoms with Crippen molar-refractivity contribution in [3.63, 3.8) is 0 Å². The number of halogens is 3. The van der Waals surface area contributed by atoms with Gasteiger partial charge in [-0.05, 0) is 6.54 Å². The Morgan fingerprint density at radius 3 is 2.78 bits per heavy atom. The fourth-order valence-electron chi connectivity index (χ4n) is 1.05. The molecule has 0 radical (unpaired) electrons. The van der Waals surface area contributed by atoms with Crippen LogP contribution in [0.5, 0.6) is 0 Å². The van der Waals surface area contributed by atoms with Crippen LogP contribution in [0.2, 0.25) is 0 Å². The first-order valence-electron chi connectivity index (χ1n) is 5.42. The molecule has 1 heterocycles. The SMILES string of the molecule is CCNCc1nnc(NCCOCC(F)(F)F)o1. The predicted octanol–water partition coefficient (Wildman–Crippen LogP) is 1.17. The fourth-order valence-corrected chi connectivity index (χ4v) is 1.05. The Hall–Kier alpha value is -1.35. The maximum absolute atomic E-state index is 11.7. The number of hydrogen-bond acceptors (Lipinski definition) is 6. The van der Waals surface area contributed by atoms with Crippen LogP contribution in [0.4, 0.5) is 19.2 Å². The van der Waals surface area contributed by atoms with Crippen molar-refractivity contribution in [3.05, 3.63) is 5.89 Å². The van der Waals surface area contributed by atoms with Gasteiger partial charge in [0.1, 0.15) is 6.61 Å². The molecular formula is C9H15F3N4O2. The first-order valence-corrected chi connectivity index (χ1v) is 5.42. The molecule has 0 bridgehead atoms. The van der Waals surface area contributed by atoms with Crippen LogP contribution < -0.4 is 10.6 Å². The normalized spacial score (nSPS) is 11.8. The van der Waals surface area contributed by atoms with Crippen LogP contribution in [0, 0.1) is 0 Å². The second-order valence-electron chi connectivity index (χ2n) is 3.38. The van der Waals surface area contributed by atoms with E-state index in [0.717, 1.165) is 6.54 Å². The van der Waals surface area contributed by atoms with E-state index in [1.165, 1.54) is 0 Å². The van der Waals surface area contributed by atoms with Gasteiger partial charge in [-0.1, -0.05) is 12.0 Å².